The highest BCUT2D eigenvalue weighted by molar-refractivity contribution is 14.1. The van der Waals surface area contributed by atoms with Gasteiger partial charge in [-0.15, -0.1) is 0 Å². The number of rotatable bonds is 3. The molecule has 1 aliphatic heterocycles. The quantitative estimate of drug-likeness (QED) is 0.468. The summed E-state index contributed by atoms with van der Waals surface area (Å²) in [6.45, 7) is 4.82. The van der Waals surface area contributed by atoms with E-state index in [1.165, 1.54) is 11.6 Å². The standard InChI is InChI=1S/C15H14INO2/c1-2-15(19)17-9-8-12-5-3-4-11(13(12)10-17)6-7-14(16)18/h2-7H,1,8-10H2/b7-6+. The van der Waals surface area contributed by atoms with Crippen LogP contribution in [0.15, 0.2) is 36.9 Å². The molecule has 0 radical (unpaired) electrons. The molecule has 1 amide bonds. The molecule has 98 valence electrons. The summed E-state index contributed by atoms with van der Waals surface area (Å²) in [6.07, 6.45) is 5.55. The molecule has 1 aliphatic rings. The summed E-state index contributed by atoms with van der Waals surface area (Å²) >= 11 is 1.74. The van der Waals surface area contributed by atoms with E-state index in [1.54, 1.807) is 33.6 Å². The SMILES string of the molecule is C=CC(=O)N1CCc2cccc(/C=C/C(=O)I)c2C1. The van der Waals surface area contributed by atoms with Gasteiger partial charge in [0.2, 0.25) is 9.70 Å². The number of halogens is 1. The Balaban J connectivity index is 2.32. The molecule has 4 heteroatoms. The fraction of sp³-hybridized carbons (Fsp3) is 0.200. The van der Waals surface area contributed by atoms with Gasteiger partial charge in [0.15, 0.2) is 0 Å². The van der Waals surface area contributed by atoms with Crippen molar-refractivity contribution in [2.45, 2.75) is 13.0 Å². The van der Waals surface area contributed by atoms with E-state index in [4.69, 9.17) is 0 Å². The first-order chi connectivity index (χ1) is 9.11. The summed E-state index contributed by atoms with van der Waals surface area (Å²) in [5.74, 6) is -0.0469. The van der Waals surface area contributed by atoms with E-state index < -0.39 is 0 Å². The summed E-state index contributed by atoms with van der Waals surface area (Å²) in [6, 6.07) is 6.03. The molecule has 1 heterocycles. The lowest BCUT2D eigenvalue weighted by atomic mass is 9.94. The highest BCUT2D eigenvalue weighted by Crippen LogP contribution is 2.24. The van der Waals surface area contributed by atoms with E-state index >= 15 is 0 Å². The Labute approximate surface area is 126 Å². The number of fused-ring (bicyclic) bond motifs is 1. The molecule has 1 aromatic rings. The van der Waals surface area contributed by atoms with Gasteiger partial charge in [-0.2, -0.15) is 0 Å². The molecule has 0 N–H and O–H groups in total. The number of benzene rings is 1. The van der Waals surface area contributed by atoms with Crippen LogP contribution >= 0.6 is 22.6 Å². The number of hydrogen-bond donors (Lipinski definition) is 0. The Bertz CT molecular complexity index is 563. The van der Waals surface area contributed by atoms with E-state index in [0.717, 1.165) is 24.1 Å². The minimum atomic E-state index is -0.0469. The van der Waals surface area contributed by atoms with Crippen molar-refractivity contribution in [3.05, 3.63) is 53.6 Å². The Hall–Kier alpha value is -1.43. The molecule has 19 heavy (non-hydrogen) atoms. The van der Waals surface area contributed by atoms with Crippen LogP contribution in [0, 0.1) is 0 Å². The largest absolute Gasteiger partial charge is 0.334 e. The van der Waals surface area contributed by atoms with Crippen LogP contribution in [0.3, 0.4) is 0 Å². The highest BCUT2D eigenvalue weighted by Gasteiger charge is 2.20. The van der Waals surface area contributed by atoms with Gasteiger partial charge >= 0.3 is 0 Å². The lowest BCUT2D eigenvalue weighted by Gasteiger charge is -2.29. The predicted molar refractivity (Wildman–Crippen MR) is 83.8 cm³/mol. The molecular formula is C15H14INO2. The van der Waals surface area contributed by atoms with Crippen LogP contribution in [-0.4, -0.2) is 21.1 Å². The van der Waals surface area contributed by atoms with Crippen molar-refractivity contribution in [2.75, 3.05) is 6.54 Å². The van der Waals surface area contributed by atoms with E-state index in [1.807, 2.05) is 18.2 Å². The van der Waals surface area contributed by atoms with Crippen molar-refractivity contribution < 1.29 is 9.59 Å². The number of nitrogens with zero attached hydrogens (tertiary/aromatic N) is 1. The molecule has 0 fully saturated rings. The van der Waals surface area contributed by atoms with Gasteiger partial charge < -0.3 is 4.90 Å². The predicted octanol–water partition coefficient (Wildman–Crippen LogP) is 2.73. The molecule has 0 spiro atoms. The van der Waals surface area contributed by atoms with Crippen molar-refractivity contribution in [1.29, 1.82) is 0 Å². The summed E-state index contributed by atoms with van der Waals surface area (Å²) in [7, 11) is 0. The molecule has 0 aromatic heterocycles. The lowest BCUT2D eigenvalue weighted by Crippen LogP contribution is -2.35. The summed E-state index contributed by atoms with van der Waals surface area (Å²) in [5.41, 5.74) is 3.37. The first kappa shape index (κ1) is 14.0. The second-order valence-electron chi connectivity index (χ2n) is 4.34. The van der Waals surface area contributed by atoms with Gasteiger partial charge in [0.05, 0.1) is 0 Å². The number of carbonyl (C=O) groups excluding carboxylic acids is 2. The third-order valence-corrected chi connectivity index (χ3v) is 3.55. The Kier molecular flexibility index (Phi) is 4.52. The van der Waals surface area contributed by atoms with Crippen molar-refractivity contribution >= 4 is 38.4 Å². The minimum Gasteiger partial charge on any atom is -0.334 e. The monoisotopic (exact) mass is 367 g/mol. The maximum Gasteiger partial charge on any atom is 0.246 e. The van der Waals surface area contributed by atoms with E-state index in [0.29, 0.717) is 6.54 Å². The van der Waals surface area contributed by atoms with Gasteiger partial charge in [-0.3, -0.25) is 9.59 Å². The first-order valence-corrected chi connectivity index (χ1v) is 7.09. The van der Waals surface area contributed by atoms with Gasteiger partial charge in [-0.1, -0.05) is 30.9 Å². The van der Waals surface area contributed by atoms with Gasteiger partial charge in [0.1, 0.15) is 0 Å². The molecule has 0 saturated carbocycles. The number of hydrogen-bond acceptors (Lipinski definition) is 2. The zero-order valence-corrected chi connectivity index (χ0v) is 12.6. The van der Waals surface area contributed by atoms with E-state index in [2.05, 4.69) is 12.6 Å². The topological polar surface area (TPSA) is 37.4 Å². The van der Waals surface area contributed by atoms with E-state index in [9.17, 15) is 9.59 Å². The van der Waals surface area contributed by atoms with Gasteiger partial charge in [-0.25, -0.2) is 0 Å². The fourth-order valence-electron chi connectivity index (χ4n) is 2.24. The molecular weight excluding hydrogens is 353 g/mol. The average molecular weight is 367 g/mol. The molecule has 1 aromatic carbocycles. The molecule has 0 unspecified atom stereocenters. The summed E-state index contributed by atoms with van der Waals surface area (Å²) < 4.78 is -0.00923. The van der Waals surface area contributed by atoms with E-state index in [-0.39, 0.29) is 9.70 Å². The first-order valence-electron chi connectivity index (χ1n) is 6.01. The second kappa shape index (κ2) is 6.14. The van der Waals surface area contributed by atoms with Crippen LogP contribution in [0.25, 0.3) is 6.08 Å². The van der Waals surface area contributed by atoms with Crippen LogP contribution in [0.2, 0.25) is 0 Å². The lowest BCUT2D eigenvalue weighted by molar-refractivity contribution is -0.126. The van der Waals surface area contributed by atoms with Crippen LogP contribution in [0.4, 0.5) is 0 Å². The number of amides is 1. The fourth-order valence-corrected chi connectivity index (χ4v) is 2.42. The van der Waals surface area contributed by atoms with Gasteiger partial charge in [0.25, 0.3) is 0 Å². The van der Waals surface area contributed by atoms with Crippen LogP contribution in [0.1, 0.15) is 16.7 Å². The Morgan fingerprint density at radius 2 is 2.16 bits per heavy atom. The van der Waals surface area contributed by atoms with Gasteiger partial charge in [-0.05, 0) is 35.3 Å². The van der Waals surface area contributed by atoms with Crippen molar-refractivity contribution in [3.8, 4) is 0 Å². The number of allylic oxidation sites excluding steroid dienone is 1. The molecule has 0 saturated heterocycles. The smallest absolute Gasteiger partial charge is 0.246 e. The normalized spacial score (nSPS) is 14.3. The van der Waals surface area contributed by atoms with Crippen LogP contribution in [-0.2, 0) is 22.6 Å². The maximum atomic E-state index is 11.7. The second-order valence-corrected chi connectivity index (χ2v) is 5.40. The minimum absolute atomic E-state index is 0.00923. The molecule has 3 nitrogen and oxygen atoms in total. The maximum absolute atomic E-state index is 11.7. The third kappa shape index (κ3) is 3.32. The number of carbonyl (C=O) groups is 2. The molecule has 0 atom stereocenters. The Morgan fingerprint density at radius 1 is 1.37 bits per heavy atom. The summed E-state index contributed by atoms with van der Waals surface area (Å²) in [4.78, 5) is 24.5. The van der Waals surface area contributed by atoms with Gasteiger partial charge in [0, 0.05) is 35.7 Å². The van der Waals surface area contributed by atoms with Crippen molar-refractivity contribution in [2.24, 2.45) is 0 Å². The summed E-state index contributed by atoms with van der Waals surface area (Å²) in [5, 5.41) is 0. The van der Waals surface area contributed by atoms with Crippen LogP contribution in [0.5, 0.6) is 0 Å². The zero-order valence-electron chi connectivity index (χ0n) is 10.4. The van der Waals surface area contributed by atoms with Crippen molar-refractivity contribution in [1.82, 2.24) is 4.90 Å². The van der Waals surface area contributed by atoms with Crippen LogP contribution < -0.4 is 0 Å². The highest BCUT2D eigenvalue weighted by atomic mass is 127. The average Bonchev–Trinajstić information content (AvgIpc) is 2.43. The zero-order chi connectivity index (χ0) is 13.8. The third-order valence-electron chi connectivity index (χ3n) is 3.19. The molecule has 0 aliphatic carbocycles. The Morgan fingerprint density at radius 3 is 2.84 bits per heavy atom. The molecule has 0 bridgehead atoms. The van der Waals surface area contributed by atoms with Crippen molar-refractivity contribution in [3.63, 3.8) is 0 Å². The molecule has 2 rings (SSSR count).